The van der Waals surface area contributed by atoms with Crippen molar-refractivity contribution in [1.82, 2.24) is 15.5 Å². The first-order valence-electron chi connectivity index (χ1n) is 4.91. The molecule has 1 aromatic heterocycles. The highest BCUT2D eigenvalue weighted by Crippen LogP contribution is 2.33. The molecule has 1 heterocycles. The van der Waals surface area contributed by atoms with E-state index in [0.29, 0.717) is 11.4 Å². The molecule has 1 amide bonds. The number of nitrogens with one attached hydrogen (secondary N) is 1. The third-order valence-electron chi connectivity index (χ3n) is 2.79. The van der Waals surface area contributed by atoms with Crippen molar-refractivity contribution in [2.45, 2.75) is 24.8 Å². The first-order valence-corrected chi connectivity index (χ1v) is 5.44. The molecule has 0 aliphatic heterocycles. The summed E-state index contributed by atoms with van der Waals surface area (Å²) in [5, 5.41) is 10.2. The van der Waals surface area contributed by atoms with Crippen molar-refractivity contribution < 1.29 is 4.79 Å². The van der Waals surface area contributed by atoms with Crippen molar-refractivity contribution >= 4 is 17.5 Å². The Morgan fingerprint density at radius 2 is 2.33 bits per heavy atom. The predicted molar refractivity (Wildman–Crippen MR) is 56.8 cm³/mol. The Labute approximate surface area is 93.0 Å². The fourth-order valence-corrected chi connectivity index (χ4v) is 1.97. The highest BCUT2D eigenvalue weighted by molar-refractivity contribution is 6.19. The first-order chi connectivity index (χ1) is 7.26. The molecule has 0 atom stereocenters. The predicted octanol–water partition coefficient (Wildman–Crippen LogP) is 1.37. The summed E-state index contributed by atoms with van der Waals surface area (Å²) >= 11 is 5.85. The molecule has 80 valence electrons. The van der Waals surface area contributed by atoms with Crippen molar-refractivity contribution in [3.05, 3.63) is 24.0 Å². The van der Waals surface area contributed by atoms with E-state index >= 15 is 0 Å². The van der Waals surface area contributed by atoms with Crippen LogP contribution in [0.5, 0.6) is 0 Å². The molecule has 0 aromatic carbocycles. The van der Waals surface area contributed by atoms with Crippen LogP contribution in [-0.2, 0) is 0 Å². The largest absolute Gasteiger partial charge is 0.345 e. The summed E-state index contributed by atoms with van der Waals surface area (Å²) in [5.74, 6) is 0.349. The van der Waals surface area contributed by atoms with Gasteiger partial charge in [-0.3, -0.25) is 4.79 Å². The van der Waals surface area contributed by atoms with Gasteiger partial charge in [0.1, 0.15) is 0 Å². The van der Waals surface area contributed by atoms with Crippen LogP contribution in [0.4, 0.5) is 0 Å². The average Bonchev–Trinajstić information content (AvgIpc) is 2.24. The molecular formula is C10H12ClN3O. The third kappa shape index (κ3) is 2.09. The smallest absolute Gasteiger partial charge is 0.253 e. The molecule has 1 aliphatic carbocycles. The summed E-state index contributed by atoms with van der Waals surface area (Å²) in [6.07, 6.45) is 6.00. The zero-order valence-corrected chi connectivity index (χ0v) is 9.00. The van der Waals surface area contributed by atoms with Crippen LogP contribution in [0.15, 0.2) is 18.5 Å². The Morgan fingerprint density at radius 1 is 1.53 bits per heavy atom. The second kappa shape index (κ2) is 4.14. The van der Waals surface area contributed by atoms with Crippen LogP contribution >= 0.6 is 11.6 Å². The normalized spacial score (nSPS) is 17.9. The number of rotatable bonds is 3. The van der Waals surface area contributed by atoms with Gasteiger partial charge in [0.05, 0.1) is 23.5 Å². The molecule has 2 rings (SSSR count). The maximum absolute atomic E-state index is 11.8. The van der Waals surface area contributed by atoms with Crippen LogP contribution in [0.1, 0.15) is 29.6 Å². The zero-order chi connectivity index (χ0) is 10.7. The Hall–Kier alpha value is -1.16. The van der Waals surface area contributed by atoms with Crippen molar-refractivity contribution in [2.24, 2.45) is 0 Å². The van der Waals surface area contributed by atoms with Crippen LogP contribution in [0.3, 0.4) is 0 Å². The second-order valence-electron chi connectivity index (χ2n) is 3.85. The topological polar surface area (TPSA) is 54.9 Å². The van der Waals surface area contributed by atoms with Gasteiger partial charge in [-0.15, -0.1) is 11.6 Å². The van der Waals surface area contributed by atoms with Crippen LogP contribution in [0, 0.1) is 0 Å². The van der Waals surface area contributed by atoms with Gasteiger partial charge in [-0.1, -0.05) is 0 Å². The van der Waals surface area contributed by atoms with E-state index in [1.165, 1.54) is 12.4 Å². The van der Waals surface area contributed by atoms with Gasteiger partial charge >= 0.3 is 0 Å². The Bertz CT molecular complexity index is 345. The molecule has 5 heteroatoms. The monoisotopic (exact) mass is 225 g/mol. The van der Waals surface area contributed by atoms with Gasteiger partial charge in [0.2, 0.25) is 0 Å². The van der Waals surface area contributed by atoms with E-state index in [0.717, 1.165) is 19.3 Å². The van der Waals surface area contributed by atoms with Crippen molar-refractivity contribution in [3.8, 4) is 0 Å². The number of hydrogen-bond donors (Lipinski definition) is 1. The van der Waals surface area contributed by atoms with E-state index in [4.69, 9.17) is 11.6 Å². The first kappa shape index (κ1) is 10.4. The summed E-state index contributed by atoms with van der Waals surface area (Å²) in [6, 6.07) is 1.64. The van der Waals surface area contributed by atoms with Crippen LogP contribution < -0.4 is 5.32 Å². The Balaban J connectivity index is 2.04. The van der Waals surface area contributed by atoms with Crippen molar-refractivity contribution in [2.75, 3.05) is 5.88 Å². The summed E-state index contributed by atoms with van der Waals surface area (Å²) < 4.78 is 0. The fourth-order valence-electron chi connectivity index (χ4n) is 1.63. The van der Waals surface area contributed by atoms with Gasteiger partial charge in [0.15, 0.2) is 0 Å². The molecule has 1 saturated carbocycles. The van der Waals surface area contributed by atoms with E-state index in [1.54, 1.807) is 6.07 Å². The number of carbonyl (C=O) groups is 1. The van der Waals surface area contributed by atoms with Gasteiger partial charge < -0.3 is 5.32 Å². The van der Waals surface area contributed by atoms with Crippen molar-refractivity contribution in [1.29, 1.82) is 0 Å². The van der Waals surface area contributed by atoms with Gasteiger partial charge in [0, 0.05) is 5.88 Å². The number of aromatic nitrogens is 2. The minimum Gasteiger partial charge on any atom is -0.345 e. The number of hydrogen-bond acceptors (Lipinski definition) is 3. The maximum atomic E-state index is 11.8. The van der Waals surface area contributed by atoms with Crippen LogP contribution in [0.25, 0.3) is 0 Å². The highest BCUT2D eigenvalue weighted by atomic mass is 35.5. The summed E-state index contributed by atoms with van der Waals surface area (Å²) in [5.41, 5.74) is 0.337. The molecule has 0 bridgehead atoms. The molecule has 0 spiro atoms. The minimum absolute atomic E-state index is 0.120. The minimum atomic E-state index is -0.193. The van der Waals surface area contributed by atoms with E-state index in [2.05, 4.69) is 15.5 Å². The van der Waals surface area contributed by atoms with E-state index in [9.17, 15) is 4.79 Å². The maximum Gasteiger partial charge on any atom is 0.253 e. The molecule has 1 N–H and O–H groups in total. The van der Waals surface area contributed by atoms with Gasteiger partial charge in [-0.2, -0.15) is 10.2 Å². The molecule has 0 saturated heterocycles. The Kier molecular flexibility index (Phi) is 2.86. The summed E-state index contributed by atoms with van der Waals surface area (Å²) in [4.78, 5) is 11.8. The van der Waals surface area contributed by atoms with E-state index in [1.807, 2.05) is 0 Å². The molecule has 15 heavy (non-hydrogen) atoms. The number of carbonyl (C=O) groups excluding carboxylic acids is 1. The molecule has 0 radical (unpaired) electrons. The van der Waals surface area contributed by atoms with Gasteiger partial charge in [-0.05, 0) is 25.3 Å². The average molecular weight is 226 g/mol. The lowest BCUT2D eigenvalue weighted by Gasteiger charge is -2.40. The second-order valence-corrected chi connectivity index (χ2v) is 4.12. The molecule has 0 unspecified atom stereocenters. The fraction of sp³-hybridized carbons (Fsp3) is 0.500. The van der Waals surface area contributed by atoms with Crippen LogP contribution in [0.2, 0.25) is 0 Å². The van der Waals surface area contributed by atoms with Gasteiger partial charge in [0.25, 0.3) is 5.91 Å². The Morgan fingerprint density at radius 3 is 2.80 bits per heavy atom. The number of alkyl halides is 1. The van der Waals surface area contributed by atoms with Gasteiger partial charge in [-0.25, -0.2) is 0 Å². The summed E-state index contributed by atoms with van der Waals surface area (Å²) in [7, 11) is 0. The standard InChI is InChI=1S/C10H12ClN3O/c11-7-10(3-1-4-10)14-9(15)8-2-5-12-13-6-8/h2,5-6H,1,3-4,7H2,(H,14,15). The summed E-state index contributed by atoms with van der Waals surface area (Å²) in [6.45, 7) is 0. The number of halogens is 1. The third-order valence-corrected chi connectivity index (χ3v) is 3.30. The molecule has 1 aromatic rings. The molecule has 4 nitrogen and oxygen atoms in total. The number of amides is 1. The van der Waals surface area contributed by atoms with E-state index in [-0.39, 0.29) is 11.4 Å². The lowest BCUT2D eigenvalue weighted by molar-refractivity contribution is 0.0853. The lowest BCUT2D eigenvalue weighted by atomic mass is 9.78. The quantitative estimate of drug-likeness (QED) is 0.791. The highest BCUT2D eigenvalue weighted by Gasteiger charge is 2.37. The SMILES string of the molecule is O=C(NC1(CCl)CCC1)c1ccnnc1. The molecule has 1 aliphatic rings. The lowest BCUT2D eigenvalue weighted by Crippen LogP contribution is -2.55. The molecule has 1 fully saturated rings. The van der Waals surface area contributed by atoms with Crippen LogP contribution in [-0.4, -0.2) is 27.5 Å². The molecular weight excluding hydrogens is 214 g/mol. The number of nitrogens with zero attached hydrogens (tertiary/aromatic N) is 2. The van der Waals surface area contributed by atoms with Crippen molar-refractivity contribution in [3.63, 3.8) is 0 Å². The van der Waals surface area contributed by atoms with E-state index < -0.39 is 0 Å². The zero-order valence-electron chi connectivity index (χ0n) is 8.24.